The smallest absolute Gasteiger partial charge is 0.0662 e. The third-order valence-corrected chi connectivity index (χ3v) is 4.07. The number of benzene rings is 1. The van der Waals surface area contributed by atoms with Crippen LogP contribution in [0.3, 0.4) is 0 Å². The highest BCUT2D eigenvalue weighted by atomic mass is 15.3. The molecule has 0 saturated carbocycles. The van der Waals surface area contributed by atoms with E-state index in [0.717, 1.165) is 13.1 Å². The Labute approximate surface area is 114 Å². The maximum absolute atomic E-state index is 4.50. The van der Waals surface area contributed by atoms with Crippen LogP contribution in [-0.4, -0.2) is 16.8 Å². The topological polar surface area (TPSA) is 29.9 Å². The Morgan fingerprint density at radius 3 is 2.95 bits per heavy atom. The van der Waals surface area contributed by atoms with E-state index in [1.165, 1.54) is 47.2 Å². The molecule has 0 saturated heterocycles. The van der Waals surface area contributed by atoms with Crippen LogP contribution in [0, 0.1) is 6.92 Å². The standard InChI is InChI=1S/C16H21N3/c1-12-16(9-17-2)10-18-19(12)11-13-6-7-14-4-3-5-15(14)8-13/h6-8,10,17H,3-5,9,11H2,1-2H3. The molecule has 0 spiro atoms. The molecule has 1 N–H and O–H groups in total. The van der Waals surface area contributed by atoms with Gasteiger partial charge in [0.25, 0.3) is 0 Å². The summed E-state index contributed by atoms with van der Waals surface area (Å²) in [6, 6.07) is 6.91. The van der Waals surface area contributed by atoms with Gasteiger partial charge in [0, 0.05) is 17.8 Å². The van der Waals surface area contributed by atoms with Crippen molar-refractivity contribution in [3.63, 3.8) is 0 Å². The van der Waals surface area contributed by atoms with E-state index in [0.29, 0.717) is 0 Å². The van der Waals surface area contributed by atoms with E-state index in [-0.39, 0.29) is 0 Å². The largest absolute Gasteiger partial charge is 0.316 e. The van der Waals surface area contributed by atoms with Crippen molar-refractivity contribution in [1.29, 1.82) is 0 Å². The predicted octanol–water partition coefficient (Wildman–Crippen LogP) is 2.45. The van der Waals surface area contributed by atoms with Gasteiger partial charge in [-0.3, -0.25) is 4.68 Å². The molecule has 1 heterocycles. The molecule has 19 heavy (non-hydrogen) atoms. The van der Waals surface area contributed by atoms with Crippen LogP contribution in [-0.2, 0) is 25.9 Å². The monoisotopic (exact) mass is 255 g/mol. The van der Waals surface area contributed by atoms with E-state index in [4.69, 9.17) is 0 Å². The maximum atomic E-state index is 4.50. The molecule has 0 atom stereocenters. The Morgan fingerprint density at radius 1 is 1.26 bits per heavy atom. The fraction of sp³-hybridized carbons (Fsp3) is 0.438. The summed E-state index contributed by atoms with van der Waals surface area (Å²) in [5, 5.41) is 7.68. The molecule has 100 valence electrons. The third kappa shape index (κ3) is 2.43. The molecule has 1 aliphatic carbocycles. The fourth-order valence-corrected chi connectivity index (χ4v) is 2.91. The Kier molecular flexibility index (Phi) is 3.38. The zero-order valence-electron chi connectivity index (χ0n) is 11.7. The number of hydrogen-bond acceptors (Lipinski definition) is 2. The molecule has 1 aromatic heterocycles. The van der Waals surface area contributed by atoms with Gasteiger partial charge in [-0.05, 0) is 49.9 Å². The Morgan fingerprint density at radius 2 is 2.11 bits per heavy atom. The van der Waals surface area contributed by atoms with Gasteiger partial charge in [0.1, 0.15) is 0 Å². The molecular weight excluding hydrogens is 234 g/mol. The highest BCUT2D eigenvalue weighted by molar-refractivity contribution is 5.35. The van der Waals surface area contributed by atoms with E-state index in [1.54, 1.807) is 0 Å². The molecule has 1 aliphatic rings. The first-order valence-corrected chi connectivity index (χ1v) is 7.04. The molecule has 3 nitrogen and oxygen atoms in total. The lowest BCUT2D eigenvalue weighted by molar-refractivity contribution is 0.661. The van der Waals surface area contributed by atoms with E-state index >= 15 is 0 Å². The molecule has 0 radical (unpaired) electrons. The molecule has 0 aliphatic heterocycles. The number of fused-ring (bicyclic) bond motifs is 1. The summed E-state index contributed by atoms with van der Waals surface area (Å²) < 4.78 is 2.10. The lowest BCUT2D eigenvalue weighted by Gasteiger charge is -2.08. The minimum Gasteiger partial charge on any atom is -0.316 e. The number of nitrogens with one attached hydrogen (secondary N) is 1. The van der Waals surface area contributed by atoms with Crippen molar-refractivity contribution < 1.29 is 0 Å². The molecule has 0 amide bonds. The van der Waals surface area contributed by atoms with Crippen molar-refractivity contribution in [3.8, 4) is 0 Å². The number of hydrogen-bond donors (Lipinski definition) is 1. The van der Waals surface area contributed by atoms with Crippen LogP contribution >= 0.6 is 0 Å². The average Bonchev–Trinajstić information content (AvgIpc) is 3.00. The molecule has 2 aromatic rings. The summed E-state index contributed by atoms with van der Waals surface area (Å²) in [5.41, 5.74) is 6.98. The lowest BCUT2D eigenvalue weighted by atomic mass is 10.1. The fourth-order valence-electron chi connectivity index (χ4n) is 2.91. The molecule has 3 heteroatoms. The molecule has 0 unspecified atom stereocenters. The quantitative estimate of drug-likeness (QED) is 0.909. The predicted molar refractivity (Wildman–Crippen MR) is 77.3 cm³/mol. The van der Waals surface area contributed by atoms with Crippen molar-refractivity contribution in [1.82, 2.24) is 15.1 Å². The maximum Gasteiger partial charge on any atom is 0.0662 e. The number of nitrogens with zero attached hydrogens (tertiary/aromatic N) is 2. The van der Waals surface area contributed by atoms with Crippen molar-refractivity contribution in [2.75, 3.05) is 7.05 Å². The Bertz CT molecular complexity index is 584. The first-order valence-electron chi connectivity index (χ1n) is 7.04. The van der Waals surface area contributed by atoms with Crippen molar-refractivity contribution in [2.24, 2.45) is 0 Å². The number of aryl methyl sites for hydroxylation is 2. The second kappa shape index (κ2) is 5.17. The molecule has 1 aromatic carbocycles. The highest BCUT2D eigenvalue weighted by Gasteiger charge is 2.12. The van der Waals surface area contributed by atoms with Crippen LogP contribution in [0.25, 0.3) is 0 Å². The van der Waals surface area contributed by atoms with E-state index in [9.17, 15) is 0 Å². The van der Waals surface area contributed by atoms with E-state index in [2.05, 4.69) is 40.2 Å². The van der Waals surface area contributed by atoms with Crippen LogP contribution in [0.15, 0.2) is 24.4 Å². The SMILES string of the molecule is CNCc1cnn(Cc2ccc3c(c2)CCC3)c1C. The van der Waals surface area contributed by atoms with Gasteiger partial charge in [0.2, 0.25) is 0 Å². The molecule has 0 bridgehead atoms. The average molecular weight is 255 g/mol. The van der Waals surface area contributed by atoms with Crippen LogP contribution in [0.2, 0.25) is 0 Å². The van der Waals surface area contributed by atoms with Gasteiger partial charge in [-0.15, -0.1) is 0 Å². The van der Waals surface area contributed by atoms with Crippen molar-refractivity contribution >= 4 is 0 Å². The van der Waals surface area contributed by atoms with Gasteiger partial charge in [-0.1, -0.05) is 18.2 Å². The van der Waals surface area contributed by atoms with Gasteiger partial charge >= 0.3 is 0 Å². The summed E-state index contributed by atoms with van der Waals surface area (Å²) >= 11 is 0. The normalized spacial score (nSPS) is 13.8. The Hall–Kier alpha value is -1.61. The third-order valence-electron chi connectivity index (χ3n) is 4.07. The van der Waals surface area contributed by atoms with Crippen LogP contribution in [0.4, 0.5) is 0 Å². The summed E-state index contributed by atoms with van der Waals surface area (Å²) in [7, 11) is 1.97. The van der Waals surface area contributed by atoms with Gasteiger partial charge in [-0.2, -0.15) is 5.10 Å². The van der Waals surface area contributed by atoms with Crippen molar-refractivity contribution in [2.45, 2.75) is 39.3 Å². The first-order chi connectivity index (χ1) is 9.28. The zero-order valence-corrected chi connectivity index (χ0v) is 11.7. The van der Waals surface area contributed by atoms with Crippen molar-refractivity contribution in [3.05, 3.63) is 52.3 Å². The summed E-state index contributed by atoms with van der Waals surface area (Å²) in [6.45, 7) is 3.91. The minimum atomic E-state index is 0.878. The molecule has 3 rings (SSSR count). The van der Waals surface area contributed by atoms with Crippen LogP contribution < -0.4 is 5.32 Å². The van der Waals surface area contributed by atoms with Crippen LogP contribution in [0.1, 0.15) is 34.4 Å². The van der Waals surface area contributed by atoms with E-state index < -0.39 is 0 Å². The second-order valence-corrected chi connectivity index (χ2v) is 5.40. The van der Waals surface area contributed by atoms with Gasteiger partial charge in [0.15, 0.2) is 0 Å². The van der Waals surface area contributed by atoms with Crippen LogP contribution in [0.5, 0.6) is 0 Å². The lowest BCUT2D eigenvalue weighted by Crippen LogP contribution is -2.08. The summed E-state index contributed by atoms with van der Waals surface area (Å²) in [5.74, 6) is 0. The van der Waals surface area contributed by atoms with Gasteiger partial charge < -0.3 is 5.32 Å². The highest BCUT2D eigenvalue weighted by Crippen LogP contribution is 2.23. The summed E-state index contributed by atoms with van der Waals surface area (Å²) in [4.78, 5) is 0. The minimum absolute atomic E-state index is 0.878. The molecule has 0 fully saturated rings. The molecular formula is C16H21N3. The van der Waals surface area contributed by atoms with Gasteiger partial charge in [0.05, 0.1) is 12.7 Å². The Balaban J connectivity index is 1.81. The first kappa shape index (κ1) is 12.4. The number of rotatable bonds is 4. The van der Waals surface area contributed by atoms with E-state index in [1.807, 2.05) is 13.2 Å². The van der Waals surface area contributed by atoms with Gasteiger partial charge in [-0.25, -0.2) is 0 Å². The summed E-state index contributed by atoms with van der Waals surface area (Å²) in [6.07, 6.45) is 5.78. The number of aromatic nitrogens is 2. The zero-order chi connectivity index (χ0) is 13.2. The second-order valence-electron chi connectivity index (χ2n) is 5.40.